The maximum absolute atomic E-state index is 13.3. The lowest BCUT2D eigenvalue weighted by molar-refractivity contribution is -0.133. The molecule has 8 nitrogen and oxygen atoms in total. The lowest BCUT2D eigenvalue weighted by atomic mass is 10.1. The summed E-state index contributed by atoms with van der Waals surface area (Å²) < 4.78 is 0.809. The average molecular weight is 541 g/mol. The van der Waals surface area contributed by atoms with Crippen molar-refractivity contribution < 1.29 is 15.0 Å². The molecule has 1 amide bonds. The minimum atomic E-state index is -0.165. The zero-order chi connectivity index (χ0) is 26.7. The van der Waals surface area contributed by atoms with Crippen LogP contribution in [0.4, 0.5) is 0 Å². The largest absolute Gasteiger partial charge is 0.508 e. The van der Waals surface area contributed by atoms with E-state index in [1.807, 2.05) is 18.2 Å². The zero-order valence-corrected chi connectivity index (χ0v) is 22.8. The van der Waals surface area contributed by atoms with Gasteiger partial charge in [0.05, 0.1) is 4.70 Å². The number of nitrogens with zero attached hydrogens (tertiary/aromatic N) is 1. The Balaban J connectivity index is 1.24. The number of aromatic nitrogens is 1. The Morgan fingerprint density at radius 3 is 2.53 bits per heavy atom. The van der Waals surface area contributed by atoms with E-state index >= 15 is 0 Å². The Hall–Kier alpha value is -2.88. The van der Waals surface area contributed by atoms with Crippen LogP contribution in [0.25, 0.3) is 10.2 Å². The number of rotatable bonds is 13. The van der Waals surface area contributed by atoms with Gasteiger partial charge in [0.25, 0.3) is 0 Å². The van der Waals surface area contributed by atoms with Gasteiger partial charge in [-0.3, -0.25) is 9.59 Å². The van der Waals surface area contributed by atoms with Crippen molar-refractivity contribution in [2.75, 3.05) is 32.7 Å². The number of hydrogen-bond donors (Lipinski definition) is 5. The van der Waals surface area contributed by atoms with E-state index in [1.54, 1.807) is 18.2 Å². The average Bonchev–Trinajstić information content (AvgIpc) is 3.11. The summed E-state index contributed by atoms with van der Waals surface area (Å²) in [7, 11) is 0. The van der Waals surface area contributed by atoms with Crippen LogP contribution < -0.4 is 15.5 Å². The standard InChI is InChI=1S/C29H40N4O4S/c34-24-9-5-6-21(20-24)12-15-30-17-14-26(36)33(23-7-3-1-2-4-8-23)19-18-31-16-13-22-10-11-25(35)27-28(22)38-29(37)32-27/h5-6,9-11,20,23,30-31,34-35H,1-4,7-8,12-19H2,(H,32,37). The van der Waals surface area contributed by atoms with Crippen LogP contribution in [0.1, 0.15) is 56.1 Å². The second-order valence-electron chi connectivity index (χ2n) is 10.1. The highest BCUT2D eigenvalue weighted by Gasteiger charge is 2.24. The van der Waals surface area contributed by atoms with Crippen LogP contribution in [-0.4, -0.2) is 64.8 Å². The lowest BCUT2D eigenvalue weighted by Crippen LogP contribution is -2.45. The van der Waals surface area contributed by atoms with Gasteiger partial charge in [0.2, 0.25) is 5.91 Å². The maximum atomic E-state index is 13.3. The van der Waals surface area contributed by atoms with Gasteiger partial charge in [0, 0.05) is 32.1 Å². The van der Waals surface area contributed by atoms with Gasteiger partial charge in [0.1, 0.15) is 17.0 Å². The summed E-state index contributed by atoms with van der Waals surface area (Å²) in [5.74, 6) is 0.589. The molecule has 206 valence electrons. The second-order valence-corrected chi connectivity index (χ2v) is 11.1. The normalized spacial score (nSPS) is 14.5. The third kappa shape index (κ3) is 8.06. The minimum absolute atomic E-state index is 0.0986. The van der Waals surface area contributed by atoms with E-state index in [0.717, 1.165) is 72.5 Å². The van der Waals surface area contributed by atoms with Crippen molar-refractivity contribution in [2.45, 2.75) is 63.8 Å². The highest BCUT2D eigenvalue weighted by Crippen LogP contribution is 2.28. The lowest BCUT2D eigenvalue weighted by Gasteiger charge is -2.32. The van der Waals surface area contributed by atoms with E-state index in [4.69, 9.17) is 0 Å². The van der Waals surface area contributed by atoms with Crippen LogP contribution in [0, 0.1) is 0 Å². The molecule has 1 fully saturated rings. The molecule has 1 aliphatic rings. The number of aromatic hydroxyl groups is 2. The van der Waals surface area contributed by atoms with Crippen LogP contribution in [-0.2, 0) is 17.6 Å². The summed E-state index contributed by atoms with van der Waals surface area (Å²) in [6.45, 7) is 3.55. The van der Waals surface area contributed by atoms with Crippen molar-refractivity contribution >= 4 is 27.5 Å². The molecule has 1 heterocycles. The number of fused-ring (bicyclic) bond motifs is 1. The molecule has 4 rings (SSSR count). The summed E-state index contributed by atoms with van der Waals surface area (Å²) in [5, 5.41) is 26.5. The van der Waals surface area contributed by atoms with Crippen LogP contribution in [0.3, 0.4) is 0 Å². The molecule has 0 spiro atoms. The number of carbonyl (C=O) groups is 1. The predicted octanol–water partition coefficient (Wildman–Crippen LogP) is 3.91. The van der Waals surface area contributed by atoms with Gasteiger partial charge in [-0.1, -0.05) is 55.2 Å². The highest BCUT2D eigenvalue weighted by molar-refractivity contribution is 7.16. The Morgan fingerprint density at radius 2 is 1.74 bits per heavy atom. The molecule has 0 bridgehead atoms. The summed E-state index contributed by atoms with van der Waals surface area (Å²) >= 11 is 1.13. The third-order valence-electron chi connectivity index (χ3n) is 7.34. The molecule has 9 heteroatoms. The third-order valence-corrected chi connectivity index (χ3v) is 8.30. The molecule has 0 unspecified atom stereocenters. The first-order chi connectivity index (χ1) is 18.5. The number of phenolic OH excluding ortho intramolecular Hbond substituents is 2. The molecule has 5 N–H and O–H groups in total. The Labute approximate surface area is 228 Å². The number of amides is 1. The zero-order valence-electron chi connectivity index (χ0n) is 22.0. The van der Waals surface area contributed by atoms with E-state index in [1.165, 1.54) is 25.7 Å². The number of aromatic amines is 1. The summed E-state index contributed by atoms with van der Waals surface area (Å²) in [6, 6.07) is 11.1. The van der Waals surface area contributed by atoms with Gasteiger partial charge in [-0.15, -0.1) is 0 Å². The fourth-order valence-electron chi connectivity index (χ4n) is 5.31. The van der Waals surface area contributed by atoms with Gasteiger partial charge < -0.3 is 30.7 Å². The first-order valence-corrected chi connectivity index (χ1v) is 14.7. The molecule has 0 saturated heterocycles. The summed E-state index contributed by atoms with van der Waals surface area (Å²) in [4.78, 5) is 29.7. The topological polar surface area (TPSA) is 118 Å². The molecule has 1 saturated carbocycles. The molecule has 0 aliphatic heterocycles. The number of H-pyrrole nitrogens is 1. The molecular formula is C29H40N4O4S. The molecule has 0 radical (unpaired) electrons. The van der Waals surface area contributed by atoms with Crippen LogP contribution >= 0.6 is 11.3 Å². The van der Waals surface area contributed by atoms with Crippen molar-refractivity contribution in [3.63, 3.8) is 0 Å². The molecule has 1 aromatic heterocycles. The van der Waals surface area contributed by atoms with Gasteiger partial charge in [-0.25, -0.2) is 0 Å². The first kappa shape index (κ1) is 28.1. The Kier molecular flexibility index (Phi) is 10.6. The fourth-order valence-corrected chi connectivity index (χ4v) is 6.20. The van der Waals surface area contributed by atoms with Crippen LogP contribution in [0.15, 0.2) is 41.2 Å². The monoisotopic (exact) mass is 540 g/mol. The SMILES string of the molecule is O=C(CCNCCc1cccc(O)c1)N(CCNCCc1ccc(O)c2[nH]c(=O)sc12)C1CCCCCC1. The molecule has 38 heavy (non-hydrogen) atoms. The number of nitrogens with one attached hydrogen (secondary N) is 3. The van der Waals surface area contributed by atoms with E-state index in [0.29, 0.717) is 31.1 Å². The van der Waals surface area contributed by atoms with E-state index < -0.39 is 0 Å². The number of thiazole rings is 1. The summed E-state index contributed by atoms with van der Waals surface area (Å²) in [6.07, 6.45) is 9.05. The Morgan fingerprint density at radius 1 is 0.974 bits per heavy atom. The van der Waals surface area contributed by atoms with E-state index in [-0.39, 0.29) is 22.3 Å². The van der Waals surface area contributed by atoms with Gasteiger partial charge >= 0.3 is 4.87 Å². The van der Waals surface area contributed by atoms with Crippen molar-refractivity contribution in [1.82, 2.24) is 20.5 Å². The van der Waals surface area contributed by atoms with E-state index in [2.05, 4.69) is 20.5 Å². The predicted molar refractivity (Wildman–Crippen MR) is 153 cm³/mol. The van der Waals surface area contributed by atoms with Gasteiger partial charge in [-0.2, -0.15) is 0 Å². The van der Waals surface area contributed by atoms with Crippen LogP contribution in [0.2, 0.25) is 0 Å². The van der Waals surface area contributed by atoms with Crippen molar-refractivity contribution in [1.29, 1.82) is 0 Å². The quantitative estimate of drug-likeness (QED) is 0.166. The van der Waals surface area contributed by atoms with E-state index in [9.17, 15) is 19.8 Å². The molecule has 0 atom stereocenters. The van der Waals surface area contributed by atoms with Crippen molar-refractivity contribution in [3.8, 4) is 11.5 Å². The summed E-state index contributed by atoms with van der Waals surface area (Å²) in [5.41, 5.74) is 2.62. The number of carbonyl (C=O) groups excluding carboxylic acids is 1. The highest BCUT2D eigenvalue weighted by atomic mass is 32.1. The fraction of sp³-hybridized carbons (Fsp3) is 0.517. The number of benzene rings is 2. The van der Waals surface area contributed by atoms with Gasteiger partial charge in [-0.05, 0) is 68.1 Å². The smallest absolute Gasteiger partial charge is 0.305 e. The minimum Gasteiger partial charge on any atom is -0.508 e. The Bertz CT molecular complexity index is 1230. The molecule has 2 aromatic carbocycles. The molecular weight excluding hydrogens is 500 g/mol. The van der Waals surface area contributed by atoms with Crippen molar-refractivity contribution in [3.05, 3.63) is 57.2 Å². The van der Waals surface area contributed by atoms with Gasteiger partial charge in [0.15, 0.2) is 0 Å². The maximum Gasteiger partial charge on any atom is 0.305 e. The molecule has 1 aliphatic carbocycles. The first-order valence-electron chi connectivity index (χ1n) is 13.8. The second kappa shape index (κ2) is 14.3. The number of hydrogen-bond acceptors (Lipinski definition) is 7. The molecule has 3 aromatic rings. The van der Waals surface area contributed by atoms with Crippen LogP contribution in [0.5, 0.6) is 11.5 Å². The number of phenols is 2. The van der Waals surface area contributed by atoms with Crippen molar-refractivity contribution in [2.24, 2.45) is 0 Å².